The normalized spacial score (nSPS) is 12.9. The van der Waals surface area contributed by atoms with Gasteiger partial charge in [0.25, 0.3) is 0 Å². The van der Waals surface area contributed by atoms with Crippen molar-refractivity contribution in [3.8, 4) is 0 Å². The van der Waals surface area contributed by atoms with Crippen LogP contribution in [0.2, 0.25) is 0 Å². The molecule has 0 aliphatic heterocycles. The molecule has 57 heavy (non-hydrogen) atoms. The first kappa shape index (κ1) is 35.8. The summed E-state index contributed by atoms with van der Waals surface area (Å²) in [6.45, 7) is 10.8. The number of benzene rings is 6. The molecule has 3 nitrogen and oxygen atoms in total. The molecule has 9 aromatic rings. The van der Waals surface area contributed by atoms with E-state index in [1.54, 1.807) is 0 Å². The molecule has 9 rings (SSSR count). The Morgan fingerprint density at radius 3 is 1.54 bits per heavy atom. The molecule has 0 spiro atoms. The molecular weight excluding hydrogens is 691 g/mol. The Hall–Kier alpha value is -6.84. The summed E-state index contributed by atoms with van der Waals surface area (Å²) in [7, 11) is 2.14. The summed E-state index contributed by atoms with van der Waals surface area (Å²) in [5.41, 5.74) is 13.3. The zero-order valence-electron chi connectivity index (χ0n) is 33.0. The fourth-order valence-electron chi connectivity index (χ4n) is 8.64. The Balaban J connectivity index is 0.994. The van der Waals surface area contributed by atoms with Gasteiger partial charge in [-0.2, -0.15) is 0 Å². The van der Waals surface area contributed by atoms with Gasteiger partial charge in [0.15, 0.2) is 0 Å². The fourth-order valence-corrected chi connectivity index (χ4v) is 8.64. The van der Waals surface area contributed by atoms with Gasteiger partial charge in [0, 0.05) is 85.6 Å². The van der Waals surface area contributed by atoms with Gasteiger partial charge in [-0.25, -0.2) is 0 Å². The molecule has 278 valence electrons. The van der Waals surface area contributed by atoms with Crippen LogP contribution in [0.15, 0.2) is 182 Å². The molecule has 0 aliphatic rings. The molecule has 3 heterocycles. The van der Waals surface area contributed by atoms with Crippen LogP contribution in [0.3, 0.4) is 0 Å². The van der Waals surface area contributed by atoms with E-state index < -0.39 is 0 Å². The van der Waals surface area contributed by atoms with E-state index in [2.05, 4.69) is 223 Å². The van der Waals surface area contributed by atoms with E-state index in [1.165, 1.54) is 82.1 Å². The average molecular weight is 738 g/mol. The minimum absolute atomic E-state index is 0.752. The van der Waals surface area contributed by atoms with Gasteiger partial charge < -0.3 is 13.7 Å². The van der Waals surface area contributed by atoms with Gasteiger partial charge in [0.05, 0.1) is 0 Å². The van der Waals surface area contributed by atoms with Crippen molar-refractivity contribution >= 4 is 83.6 Å². The predicted octanol–water partition coefficient (Wildman–Crippen LogP) is 14.5. The van der Waals surface area contributed by atoms with E-state index >= 15 is 0 Å². The zero-order valence-corrected chi connectivity index (χ0v) is 33.0. The minimum atomic E-state index is 0.752. The van der Waals surface area contributed by atoms with Crippen molar-refractivity contribution in [1.82, 2.24) is 13.7 Å². The van der Waals surface area contributed by atoms with Crippen LogP contribution in [0.4, 0.5) is 0 Å². The number of rotatable bonds is 11. The third-order valence-electron chi connectivity index (χ3n) is 11.4. The average Bonchev–Trinajstić information content (AvgIpc) is 3.85. The monoisotopic (exact) mass is 737 g/mol. The molecule has 3 heteroatoms. The molecule has 0 fully saturated rings. The second-order valence-electron chi connectivity index (χ2n) is 14.9. The van der Waals surface area contributed by atoms with Crippen molar-refractivity contribution in [1.29, 1.82) is 0 Å². The number of aromatic nitrogens is 3. The zero-order chi connectivity index (χ0) is 38.9. The first-order valence-corrected chi connectivity index (χ1v) is 20.1. The summed E-state index contributed by atoms with van der Waals surface area (Å²) >= 11 is 0. The number of allylic oxidation sites excluding steroid dienone is 8. The number of nitrogens with zero attached hydrogens (tertiary/aromatic N) is 3. The molecule has 0 N–H and O–H groups in total. The Kier molecular flexibility index (Phi) is 9.66. The minimum Gasteiger partial charge on any atom is -0.344 e. The lowest BCUT2D eigenvalue weighted by Crippen LogP contribution is -1.92. The molecular formula is C54H47N3. The fraction of sp³-hybridized carbons (Fsp3) is 0.111. The molecule has 3 aromatic heterocycles. The smallest absolute Gasteiger partial charge is 0.0491 e. The van der Waals surface area contributed by atoms with Crippen molar-refractivity contribution in [2.75, 3.05) is 0 Å². The van der Waals surface area contributed by atoms with Gasteiger partial charge in [0.1, 0.15) is 0 Å². The summed E-state index contributed by atoms with van der Waals surface area (Å²) in [6, 6.07) is 46.3. The second kappa shape index (κ2) is 15.4. The summed E-state index contributed by atoms with van der Waals surface area (Å²) in [4.78, 5) is 0. The van der Waals surface area contributed by atoms with Crippen LogP contribution in [-0.4, -0.2) is 13.7 Å². The highest BCUT2D eigenvalue weighted by molar-refractivity contribution is 6.10. The van der Waals surface area contributed by atoms with E-state index in [4.69, 9.17) is 0 Å². The standard InChI is InChI=1S/C54H47N3/c1-5-56-51-24-13-10-21-44(51)47-36-40(29-32-53(47)56)18-8-7-17-39(26-27-42-30-33-54-48(37-42)45-22-11-14-25-52(45)57(54)6-2)34-38(3)16-15-19-41-28-31-50-46(35-41)43-20-9-12-23-49(43)55(50)4/h7-15,17-37H,3,5-6,16H2,1-2,4H3/b17-7+,18-8+,19-15+,27-26+,39-34+. The van der Waals surface area contributed by atoms with Gasteiger partial charge in [0.2, 0.25) is 0 Å². The second-order valence-corrected chi connectivity index (χ2v) is 14.9. The molecule has 0 aliphatic carbocycles. The van der Waals surface area contributed by atoms with Crippen LogP contribution in [0.1, 0.15) is 37.0 Å². The summed E-state index contributed by atoms with van der Waals surface area (Å²) < 4.78 is 7.07. The van der Waals surface area contributed by atoms with E-state index in [0.717, 1.165) is 30.7 Å². The van der Waals surface area contributed by atoms with Crippen molar-refractivity contribution in [2.24, 2.45) is 7.05 Å². The molecule has 6 aromatic carbocycles. The van der Waals surface area contributed by atoms with Gasteiger partial charge in [-0.3, -0.25) is 0 Å². The van der Waals surface area contributed by atoms with E-state index in [9.17, 15) is 0 Å². The number of hydrogen-bond acceptors (Lipinski definition) is 0. The van der Waals surface area contributed by atoms with Crippen LogP contribution in [0.25, 0.3) is 83.6 Å². The topological polar surface area (TPSA) is 14.8 Å². The number of para-hydroxylation sites is 3. The van der Waals surface area contributed by atoms with Gasteiger partial charge >= 0.3 is 0 Å². The SMILES string of the molecule is C=C(/C=C(\C=C\C=C\c1ccc2c(c1)c1ccccc1n2CC)/C=C/c1ccc2c(c1)c1ccccc1n2CC)C/C=C/c1ccc2c(c1)c1ccccc1n2C. The van der Waals surface area contributed by atoms with Gasteiger partial charge in [-0.15, -0.1) is 0 Å². The molecule has 0 saturated carbocycles. The first-order chi connectivity index (χ1) is 28.0. The highest BCUT2D eigenvalue weighted by atomic mass is 15.0. The number of fused-ring (bicyclic) bond motifs is 9. The van der Waals surface area contributed by atoms with Crippen molar-refractivity contribution < 1.29 is 0 Å². The van der Waals surface area contributed by atoms with Crippen molar-refractivity contribution in [3.05, 3.63) is 198 Å². The van der Waals surface area contributed by atoms with Crippen LogP contribution >= 0.6 is 0 Å². The highest BCUT2D eigenvalue weighted by Crippen LogP contribution is 2.32. The molecule has 0 unspecified atom stereocenters. The quantitative estimate of drug-likeness (QED) is 0.117. The molecule has 0 atom stereocenters. The lowest BCUT2D eigenvalue weighted by molar-refractivity contribution is 0.827. The van der Waals surface area contributed by atoms with Gasteiger partial charge in [-0.05, 0) is 97.1 Å². The van der Waals surface area contributed by atoms with Crippen LogP contribution in [0.5, 0.6) is 0 Å². The Labute approximate surface area is 334 Å². The molecule has 0 bridgehead atoms. The maximum absolute atomic E-state index is 4.48. The molecule has 0 saturated heterocycles. The maximum Gasteiger partial charge on any atom is 0.0491 e. The Bertz CT molecular complexity index is 3140. The Morgan fingerprint density at radius 1 is 0.491 bits per heavy atom. The first-order valence-electron chi connectivity index (χ1n) is 20.1. The Morgan fingerprint density at radius 2 is 0.947 bits per heavy atom. The summed E-state index contributed by atoms with van der Waals surface area (Å²) in [5, 5.41) is 7.74. The lowest BCUT2D eigenvalue weighted by Gasteiger charge is -2.03. The van der Waals surface area contributed by atoms with Crippen LogP contribution in [-0.2, 0) is 20.1 Å². The van der Waals surface area contributed by atoms with Gasteiger partial charge in [-0.1, -0.05) is 140 Å². The highest BCUT2D eigenvalue weighted by Gasteiger charge is 2.11. The molecule has 0 radical (unpaired) electrons. The molecule has 0 amide bonds. The van der Waals surface area contributed by atoms with Crippen molar-refractivity contribution in [2.45, 2.75) is 33.4 Å². The number of aryl methyl sites for hydroxylation is 3. The number of hydrogen-bond donors (Lipinski definition) is 0. The van der Waals surface area contributed by atoms with E-state index in [0.29, 0.717) is 0 Å². The van der Waals surface area contributed by atoms with E-state index in [1.807, 2.05) is 0 Å². The van der Waals surface area contributed by atoms with E-state index in [-0.39, 0.29) is 0 Å². The van der Waals surface area contributed by atoms with Crippen molar-refractivity contribution in [3.63, 3.8) is 0 Å². The van der Waals surface area contributed by atoms with Crippen LogP contribution in [0, 0.1) is 0 Å². The largest absolute Gasteiger partial charge is 0.344 e. The predicted molar refractivity (Wildman–Crippen MR) is 249 cm³/mol. The third-order valence-corrected chi connectivity index (χ3v) is 11.4. The third kappa shape index (κ3) is 6.76. The maximum atomic E-state index is 4.48. The van der Waals surface area contributed by atoms with Crippen LogP contribution < -0.4 is 0 Å². The lowest BCUT2D eigenvalue weighted by atomic mass is 10.0. The summed E-state index contributed by atoms with van der Waals surface area (Å²) in [6.07, 6.45) is 20.5. The summed E-state index contributed by atoms with van der Waals surface area (Å²) in [5.74, 6) is 0.